The number of hydrogen-bond acceptors (Lipinski definition) is 3. The summed E-state index contributed by atoms with van der Waals surface area (Å²) in [4.78, 5) is 4.34. The summed E-state index contributed by atoms with van der Waals surface area (Å²) < 4.78 is 0. The van der Waals surface area contributed by atoms with Crippen molar-refractivity contribution in [3.63, 3.8) is 0 Å². The molecule has 0 fully saturated rings. The van der Waals surface area contributed by atoms with Gasteiger partial charge in [-0.3, -0.25) is 0 Å². The minimum Gasteiger partial charge on any atom is -0.319 e. The molecule has 0 spiro atoms. The van der Waals surface area contributed by atoms with Crippen LogP contribution in [0.4, 0.5) is 0 Å². The first-order valence-corrected chi connectivity index (χ1v) is 6.89. The van der Waals surface area contributed by atoms with Crippen LogP contribution in [0.2, 0.25) is 5.02 Å². The van der Waals surface area contributed by atoms with Crippen molar-refractivity contribution < 1.29 is 0 Å². The zero-order valence-corrected chi connectivity index (χ0v) is 11.3. The Morgan fingerprint density at radius 3 is 3.00 bits per heavy atom. The Balaban J connectivity index is 2.16. The number of hydrogen-bond donors (Lipinski definition) is 1. The van der Waals surface area contributed by atoms with Crippen molar-refractivity contribution in [1.29, 1.82) is 0 Å². The highest BCUT2D eigenvalue weighted by molar-refractivity contribution is 7.07. The minimum absolute atomic E-state index is 0.417. The van der Waals surface area contributed by atoms with Crippen molar-refractivity contribution in [3.8, 4) is 0 Å². The minimum atomic E-state index is 0.417. The second-order valence-corrected chi connectivity index (χ2v) is 5.15. The summed E-state index contributed by atoms with van der Waals surface area (Å²) in [5, 5.41) is 6.13. The molecule has 1 heterocycles. The zero-order valence-electron chi connectivity index (χ0n) is 9.69. The second kappa shape index (κ2) is 6.15. The third kappa shape index (κ3) is 3.53. The van der Waals surface area contributed by atoms with Gasteiger partial charge in [0.25, 0.3) is 0 Å². The first-order valence-electron chi connectivity index (χ1n) is 5.56. The molecule has 90 valence electrons. The largest absolute Gasteiger partial charge is 0.319 e. The van der Waals surface area contributed by atoms with Crippen molar-refractivity contribution >= 4 is 22.9 Å². The number of rotatable bonds is 5. The fourth-order valence-corrected chi connectivity index (χ4v) is 2.68. The van der Waals surface area contributed by atoms with Gasteiger partial charge in [0.05, 0.1) is 11.2 Å². The summed E-state index contributed by atoms with van der Waals surface area (Å²) in [6.45, 7) is 0.928. The molecule has 0 saturated heterocycles. The third-order valence-corrected chi connectivity index (χ3v) is 3.58. The van der Waals surface area contributed by atoms with Gasteiger partial charge in [-0.25, -0.2) is 4.98 Å². The molecule has 0 radical (unpaired) electrons. The maximum absolute atomic E-state index is 6.04. The van der Waals surface area contributed by atoms with Gasteiger partial charge in [-0.15, -0.1) is 11.3 Å². The van der Waals surface area contributed by atoms with E-state index < -0.39 is 0 Å². The first-order chi connectivity index (χ1) is 8.29. The normalized spacial score (nSPS) is 12.6. The molecule has 1 atom stereocenters. The van der Waals surface area contributed by atoms with Crippen molar-refractivity contribution in [3.05, 3.63) is 51.4 Å². The number of aromatic nitrogens is 1. The van der Waals surface area contributed by atoms with E-state index in [9.17, 15) is 0 Å². The Hall–Kier alpha value is -0.900. The van der Waals surface area contributed by atoms with E-state index in [1.807, 2.05) is 30.8 Å². The van der Waals surface area contributed by atoms with Crippen molar-refractivity contribution in [2.24, 2.45) is 0 Å². The van der Waals surface area contributed by atoms with Crippen LogP contribution < -0.4 is 5.32 Å². The van der Waals surface area contributed by atoms with Crippen LogP contribution in [0.1, 0.15) is 17.2 Å². The molecule has 0 aliphatic rings. The lowest BCUT2D eigenvalue weighted by Gasteiger charge is -2.16. The topological polar surface area (TPSA) is 24.9 Å². The third-order valence-electron chi connectivity index (χ3n) is 2.71. The van der Waals surface area contributed by atoms with Crippen LogP contribution in [0, 0.1) is 0 Å². The Morgan fingerprint density at radius 1 is 1.47 bits per heavy atom. The van der Waals surface area contributed by atoms with E-state index >= 15 is 0 Å². The van der Waals surface area contributed by atoms with E-state index in [2.05, 4.69) is 21.7 Å². The average Bonchev–Trinajstić information content (AvgIpc) is 2.81. The molecule has 4 heteroatoms. The Bertz CT molecular complexity index is 456. The fraction of sp³-hybridized carbons (Fsp3) is 0.308. The number of nitrogens with zero attached hydrogens (tertiary/aromatic N) is 1. The predicted octanol–water partition coefficient (Wildman–Crippen LogP) is 3.34. The van der Waals surface area contributed by atoms with Gasteiger partial charge in [-0.05, 0) is 31.2 Å². The predicted molar refractivity (Wildman–Crippen MR) is 73.9 cm³/mol. The zero-order chi connectivity index (χ0) is 12.1. The number of likely N-dealkylation sites (N-methyl/N-ethyl adjacent to an activating group) is 1. The van der Waals surface area contributed by atoms with E-state index in [-0.39, 0.29) is 0 Å². The molecule has 0 saturated carbocycles. The highest BCUT2D eigenvalue weighted by Gasteiger charge is 2.13. The molecule has 1 aromatic heterocycles. The maximum Gasteiger partial charge on any atom is 0.0794 e. The van der Waals surface area contributed by atoms with Gasteiger partial charge >= 0.3 is 0 Å². The van der Waals surface area contributed by atoms with Gasteiger partial charge in [-0.1, -0.05) is 23.7 Å². The quantitative estimate of drug-likeness (QED) is 0.898. The van der Waals surface area contributed by atoms with E-state index in [0.29, 0.717) is 5.92 Å². The molecule has 2 rings (SSSR count). The molecular formula is C13H15ClN2S. The molecule has 0 amide bonds. The van der Waals surface area contributed by atoms with Crippen LogP contribution in [0.25, 0.3) is 0 Å². The number of halogens is 1. The molecular weight excluding hydrogens is 252 g/mol. The summed E-state index contributed by atoms with van der Waals surface area (Å²) in [6, 6.07) is 8.07. The molecule has 1 unspecified atom stereocenters. The highest BCUT2D eigenvalue weighted by atomic mass is 35.5. The van der Waals surface area contributed by atoms with Crippen molar-refractivity contribution in [2.75, 3.05) is 13.6 Å². The molecule has 0 aliphatic heterocycles. The first kappa shape index (κ1) is 12.6. The smallest absolute Gasteiger partial charge is 0.0794 e. The van der Waals surface area contributed by atoms with Crippen molar-refractivity contribution in [1.82, 2.24) is 10.3 Å². The summed E-state index contributed by atoms with van der Waals surface area (Å²) in [6.07, 6.45) is 0.949. The standard InChI is InChI=1S/C13H15ClN2S/c1-15-7-11(6-13-8-17-9-16-13)10-3-2-4-12(14)5-10/h2-5,8-9,11,15H,6-7H2,1H3. The molecule has 2 nitrogen and oxygen atoms in total. The molecule has 2 aromatic rings. The summed E-state index contributed by atoms with van der Waals surface area (Å²) in [5.41, 5.74) is 4.29. The van der Waals surface area contributed by atoms with Crippen LogP contribution in [-0.4, -0.2) is 18.6 Å². The van der Waals surface area contributed by atoms with Gasteiger partial charge in [0.15, 0.2) is 0 Å². The number of nitrogens with one attached hydrogen (secondary N) is 1. The molecule has 1 aromatic carbocycles. The van der Waals surface area contributed by atoms with E-state index in [4.69, 9.17) is 11.6 Å². The summed E-state index contributed by atoms with van der Waals surface area (Å²) >= 11 is 7.68. The van der Waals surface area contributed by atoms with Gasteiger partial charge < -0.3 is 5.32 Å². The number of benzene rings is 1. The second-order valence-electron chi connectivity index (χ2n) is 3.99. The lowest BCUT2D eigenvalue weighted by Crippen LogP contribution is -2.19. The van der Waals surface area contributed by atoms with Crippen LogP contribution in [0.3, 0.4) is 0 Å². The van der Waals surface area contributed by atoms with Crippen LogP contribution in [0.15, 0.2) is 35.2 Å². The molecule has 0 aliphatic carbocycles. The van der Waals surface area contributed by atoms with Crippen LogP contribution in [0.5, 0.6) is 0 Å². The van der Waals surface area contributed by atoms with Crippen LogP contribution >= 0.6 is 22.9 Å². The summed E-state index contributed by atoms with van der Waals surface area (Å²) in [5.74, 6) is 0.417. The SMILES string of the molecule is CNCC(Cc1cscn1)c1cccc(Cl)c1. The fourth-order valence-electron chi connectivity index (χ4n) is 1.91. The Morgan fingerprint density at radius 2 is 2.35 bits per heavy atom. The Kier molecular flexibility index (Phi) is 4.54. The molecule has 17 heavy (non-hydrogen) atoms. The summed E-state index contributed by atoms with van der Waals surface area (Å²) in [7, 11) is 1.97. The van der Waals surface area contributed by atoms with E-state index in [1.165, 1.54) is 5.56 Å². The van der Waals surface area contributed by atoms with E-state index in [0.717, 1.165) is 23.7 Å². The van der Waals surface area contributed by atoms with Crippen LogP contribution in [-0.2, 0) is 6.42 Å². The molecule has 1 N–H and O–H groups in total. The van der Waals surface area contributed by atoms with Gasteiger partial charge in [-0.2, -0.15) is 0 Å². The Labute approximate surface area is 111 Å². The number of thiazole rings is 1. The average molecular weight is 267 g/mol. The maximum atomic E-state index is 6.04. The lowest BCUT2D eigenvalue weighted by atomic mass is 9.94. The van der Waals surface area contributed by atoms with Gasteiger partial charge in [0, 0.05) is 22.9 Å². The van der Waals surface area contributed by atoms with Crippen molar-refractivity contribution in [2.45, 2.75) is 12.3 Å². The monoisotopic (exact) mass is 266 g/mol. The highest BCUT2D eigenvalue weighted by Crippen LogP contribution is 2.23. The van der Waals surface area contributed by atoms with E-state index in [1.54, 1.807) is 11.3 Å². The molecule has 0 bridgehead atoms. The van der Waals surface area contributed by atoms with Gasteiger partial charge in [0.2, 0.25) is 0 Å². The van der Waals surface area contributed by atoms with Gasteiger partial charge in [0.1, 0.15) is 0 Å². The lowest BCUT2D eigenvalue weighted by molar-refractivity contribution is 0.620.